The third-order valence-corrected chi connectivity index (χ3v) is 4.60. The maximum atomic E-state index is 12.3. The van der Waals surface area contributed by atoms with Crippen LogP contribution < -0.4 is 11.1 Å². The van der Waals surface area contributed by atoms with Crippen molar-refractivity contribution in [1.29, 1.82) is 0 Å². The van der Waals surface area contributed by atoms with Gasteiger partial charge in [-0.2, -0.15) is 0 Å². The molecule has 0 unspecified atom stereocenters. The molecule has 4 heteroatoms. The summed E-state index contributed by atoms with van der Waals surface area (Å²) in [5.74, 6) is 0.0991. The van der Waals surface area contributed by atoms with Gasteiger partial charge in [-0.05, 0) is 55.8 Å². The molecule has 4 nitrogen and oxygen atoms in total. The zero-order valence-electron chi connectivity index (χ0n) is 13.0. The Morgan fingerprint density at radius 2 is 1.95 bits per heavy atom. The van der Waals surface area contributed by atoms with Gasteiger partial charge < -0.3 is 16.2 Å². The Labute approximate surface area is 126 Å². The van der Waals surface area contributed by atoms with Crippen molar-refractivity contribution in [2.45, 2.75) is 52.4 Å². The van der Waals surface area contributed by atoms with E-state index in [0.717, 1.165) is 36.8 Å². The fourth-order valence-corrected chi connectivity index (χ4v) is 3.35. The van der Waals surface area contributed by atoms with Crippen LogP contribution in [0.25, 0.3) is 0 Å². The van der Waals surface area contributed by atoms with Gasteiger partial charge in [-0.3, -0.25) is 4.79 Å². The molecule has 0 aromatic heterocycles. The zero-order chi connectivity index (χ0) is 15.5. The lowest BCUT2D eigenvalue weighted by atomic mass is 9.71. The molecule has 0 radical (unpaired) electrons. The molecule has 0 spiro atoms. The lowest BCUT2D eigenvalue weighted by molar-refractivity contribution is -0.118. The Morgan fingerprint density at radius 1 is 1.29 bits per heavy atom. The van der Waals surface area contributed by atoms with Gasteiger partial charge in [-0.1, -0.05) is 25.3 Å². The predicted molar refractivity (Wildman–Crippen MR) is 85.4 cm³/mol. The normalized spacial score (nSPS) is 17.5. The molecule has 0 bridgehead atoms. The second-order valence-electron chi connectivity index (χ2n) is 6.47. The first-order chi connectivity index (χ1) is 9.96. The molecule has 0 saturated heterocycles. The number of anilines is 1. The molecule has 1 aromatic carbocycles. The Kier molecular flexibility index (Phi) is 4.88. The smallest absolute Gasteiger partial charge is 0.225 e. The standard InChI is InChI=1S/C17H26N2O2/c1-12-8-13(2)16(21)14(9-12)19-15(20)10-17(11-18)6-4-3-5-7-17/h8-9,21H,3-7,10-11,18H2,1-2H3,(H,19,20). The Hall–Kier alpha value is -1.55. The highest BCUT2D eigenvalue weighted by molar-refractivity contribution is 5.93. The van der Waals surface area contributed by atoms with Crippen LogP contribution in [0.5, 0.6) is 5.75 Å². The van der Waals surface area contributed by atoms with Crippen LogP contribution in [-0.4, -0.2) is 17.6 Å². The summed E-state index contributed by atoms with van der Waals surface area (Å²) < 4.78 is 0. The monoisotopic (exact) mass is 290 g/mol. The van der Waals surface area contributed by atoms with E-state index in [1.54, 1.807) is 6.07 Å². The summed E-state index contributed by atoms with van der Waals surface area (Å²) in [4.78, 5) is 12.3. The van der Waals surface area contributed by atoms with Crippen molar-refractivity contribution >= 4 is 11.6 Å². The van der Waals surface area contributed by atoms with Crippen LogP contribution >= 0.6 is 0 Å². The van der Waals surface area contributed by atoms with Crippen LogP contribution in [0.2, 0.25) is 0 Å². The second-order valence-corrected chi connectivity index (χ2v) is 6.47. The van der Waals surface area contributed by atoms with Crippen molar-refractivity contribution in [3.8, 4) is 5.75 Å². The van der Waals surface area contributed by atoms with Gasteiger partial charge >= 0.3 is 0 Å². The molecule has 1 saturated carbocycles. The molecular formula is C17H26N2O2. The van der Waals surface area contributed by atoms with Gasteiger partial charge in [0.05, 0.1) is 5.69 Å². The summed E-state index contributed by atoms with van der Waals surface area (Å²) in [7, 11) is 0. The van der Waals surface area contributed by atoms with E-state index in [4.69, 9.17) is 5.73 Å². The maximum Gasteiger partial charge on any atom is 0.225 e. The quantitative estimate of drug-likeness (QED) is 0.745. The third kappa shape index (κ3) is 3.76. The lowest BCUT2D eigenvalue weighted by Gasteiger charge is -2.35. The van der Waals surface area contributed by atoms with Gasteiger partial charge in [0.1, 0.15) is 5.75 Å². The van der Waals surface area contributed by atoms with Gasteiger partial charge in [-0.15, -0.1) is 0 Å². The van der Waals surface area contributed by atoms with Gasteiger partial charge in [0.25, 0.3) is 0 Å². The molecule has 21 heavy (non-hydrogen) atoms. The SMILES string of the molecule is Cc1cc(C)c(O)c(NC(=O)CC2(CN)CCCCC2)c1. The van der Waals surface area contributed by atoms with Crippen molar-refractivity contribution in [3.63, 3.8) is 0 Å². The summed E-state index contributed by atoms with van der Waals surface area (Å²) in [6, 6.07) is 3.70. The number of hydrogen-bond acceptors (Lipinski definition) is 3. The molecule has 1 aromatic rings. The van der Waals surface area contributed by atoms with Crippen LogP contribution in [0, 0.1) is 19.3 Å². The van der Waals surface area contributed by atoms with E-state index < -0.39 is 0 Å². The minimum absolute atomic E-state index is 0.0531. The highest BCUT2D eigenvalue weighted by Gasteiger charge is 2.33. The maximum absolute atomic E-state index is 12.3. The molecule has 1 fully saturated rings. The van der Waals surface area contributed by atoms with Crippen molar-refractivity contribution < 1.29 is 9.90 Å². The third-order valence-electron chi connectivity index (χ3n) is 4.60. The van der Waals surface area contributed by atoms with Crippen LogP contribution in [0.1, 0.15) is 49.7 Å². The topological polar surface area (TPSA) is 75.3 Å². The molecule has 0 heterocycles. The fraction of sp³-hybridized carbons (Fsp3) is 0.588. The summed E-state index contributed by atoms with van der Waals surface area (Å²) in [5.41, 5.74) is 8.17. The number of phenols is 1. The first kappa shape index (κ1) is 15.8. The van der Waals surface area contributed by atoms with E-state index >= 15 is 0 Å². The number of carbonyl (C=O) groups is 1. The minimum atomic E-state index is -0.0587. The first-order valence-corrected chi connectivity index (χ1v) is 7.76. The molecule has 1 amide bonds. The number of rotatable bonds is 4. The second kappa shape index (κ2) is 6.48. The van der Waals surface area contributed by atoms with E-state index in [0.29, 0.717) is 18.7 Å². The van der Waals surface area contributed by atoms with E-state index in [1.165, 1.54) is 6.42 Å². The molecule has 1 aliphatic rings. The van der Waals surface area contributed by atoms with Crippen molar-refractivity contribution in [1.82, 2.24) is 0 Å². The molecule has 0 aliphatic heterocycles. The Morgan fingerprint density at radius 3 is 2.57 bits per heavy atom. The number of carbonyl (C=O) groups excluding carboxylic acids is 1. The van der Waals surface area contributed by atoms with E-state index in [2.05, 4.69) is 5.32 Å². The van der Waals surface area contributed by atoms with Crippen LogP contribution in [-0.2, 0) is 4.79 Å². The summed E-state index contributed by atoms with van der Waals surface area (Å²) in [6.45, 7) is 4.34. The number of aromatic hydroxyl groups is 1. The fourth-order valence-electron chi connectivity index (χ4n) is 3.35. The zero-order valence-corrected chi connectivity index (χ0v) is 13.0. The summed E-state index contributed by atoms with van der Waals surface area (Å²) >= 11 is 0. The van der Waals surface area contributed by atoms with E-state index in [1.807, 2.05) is 19.9 Å². The largest absolute Gasteiger partial charge is 0.505 e. The Balaban J connectivity index is 2.08. The van der Waals surface area contributed by atoms with Gasteiger partial charge in [0.15, 0.2) is 0 Å². The van der Waals surface area contributed by atoms with Crippen LogP contribution in [0.4, 0.5) is 5.69 Å². The molecular weight excluding hydrogens is 264 g/mol. The van der Waals surface area contributed by atoms with Crippen molar-refractivity contribution in [3.05, 3.63) is 23.3 Å². The molecule has 0 atom stereocenters. The van der Waals surface area contributed by atoms with Gasteiger partial charge in [0, 0.05) is 6.42 Å². The molecule has 1 aliphatic carbocycles. The number of phenolic OH excluding ortho intramolecular Hbond substituents is 1. The van der Waals surface area contributed by atoms with Crippen molar-refractivity contribution in [2.24, 2.45) is 11.1 Å². The summed E-state index contributed by atoms with van der Waals surface area (Å²) in [6.07, 6.45) is 6.03. The van der Waals surface area contributed by atoms with Crippen LogP contribution in [0.15, 0.2) is 12.1 Å². The number of amides is 1. The van der Waals surface area contributed by atoms with Crippen LogP contribution in [0.3, 0.4) is 0 Å². The summed E-state index contributed by atoms with van der Waals surface area (Å²) in [5, 5.41) is 12.9. The minimum Gasteiger partial charge on any atom is -0.505 e. The first-order valence-electron chi connectivity index (χ1n) is 7.76. The highest BCUT2D eigenvalue weighted by Crippen LogP contribution is 2.39. The number of nitrogens with one attached hydrogen (secondary N) is 1. The van der Waals surface area contributed by atoms with Gasteiger partial charge in [0.2, 0.25) is 5.91 Å². The van der Waals surface area contributed by atoms with Crippen molar-refractivity contribution in [2.75, 3.05) is 11.9 Å². The molecule has 4 N–H and O–H groups in total. The average molecular weight is 290 g/mol. The number of hydrogen-bond donors (Lipinski definition) is 3. The number of benzene rings is 1. The highest BCUT2D eigenvalue weighted by atomic mass is 16.3. The molecule has 116 valence electrons. The van der Waals surface area contributed by atoms with E-state index in [9.17, 15) is 9.90 Å². The van der Waals surface area contributed by atoms with E-state index in [-0.39, 0.29) is 17.1 Å². The number of aryl methyl sites for hydroxylation is 2. The number of nitrogens with two attached hydrogens (primary N) is 1. The lowest BCUT2D eigenvalue weighted by Crippen LogP contribution is -2.36. The molecule has 2 rings (SSSR count). The Bertz CT molecular complexity index is 520. The average Bonchev–Trinajstić information content (AvgIpc) is 2.45. The van der Waals surface area contributed by atoms with Gasteiger partial charge in [-0.25, -0.2) is 0 Å². The predicted octanol–water partition coefficient (Wildman–Crippen LogP) is 3.25.